The first-order chi connectivity index (χ1) is 12.3. The quantitative estimate of drug-likeness (QED) is 0.383. The third kappa shape index (κ3) is 12.3. The molecular formula is C19H41N5O. The SMILES string of the molecule is CCCCCCNC(=O)CCNCCCN1CCN(CCCN)CC1. The first kappa shape index (κ1) is 22.4. The van der Waals surface area contributed by atoms with Crippen LogP contribution in [-0.2, 0) is 4.79 Å². The van der Waals surface area contributed by atoms with E-state index < -0.39 is 0 Å². The Bertz CT molecular complexity index is 319. The molecule has 25 heavy (non-hydrogen) atoms. The molecule has 148 valence electrons. The number of carbonyl (C=O) groups is 1. The highest BCUT2D eigenvalue weighted by Crippen LogP contribution is 2.02. The molecule has 0 saturated carbocycles. The topological polar surface area (TPSA) is 73.6 Å². The Labute approximate surface area is 154 Å². The molecule has 6 heteroatoms. The molecule has 0 unspecified atom stereocenters. The summed E-state index contributed by atoms with van der Waals surface area (Å²) in [5.74, 6) is 0.178. The second-order valence-corrected chi connectivity index (χ2v) is 7.09. The fourth-order valence-corrected chi connectivity index (χ4v) is 3.17. The Morgan fingerprint density at radius 2 is 1.56 bits per heavy atom. The van der Waals surface area contributed by atoms with Gasteiger partial charge in [-0.1, -0.05) is 26.2 Å². The summed E-state index contributed by atoms with van der Waals surface area (Å²) in [6.07, 6.45) is 7.68. The van der Waals surface area contributed by atoms with E-state index in [4.69, 9.17) is 5.73 Å². The molecule has 1 saturated heterocycles. The van der Waals surface area contributed by atoms with Gasteiger partial charge in [-0.25, -0.2) is 0 Å². The number of nitrogens with two attached hydrogens (primary N) is 1. The van der Waals surface area contributed by atoms with E-state index in [1.165, 1.54) is 45.4 Å². The summed E-state index contributed by atoms with van der Waals surface area (Å²) in [4.78, 5) is 16.8. The van der Waals surface area contributed by atoms with E-state index in [1.54, 1.807) is 0 Å². The molecule has 0 spiro atoms. The zero-order valence-electron chi connectivity index (χ0n) is 16.4. The van der Waals surface area contributed by atoms with E-state index in [1.807, 2.05) is 0 Å². The second-order valence-electron chi connectivity index (χ2n) is 7.09. The molecule has 0 aromatic carbocycles. The van der Waals surface area contributed by atoms with Gasteiger partial charge in [0.1, 0.15) is 0 Å². The summed E-state index contributed by atoms with van der Waals surface area (Å²) in [5.41, 5.74) is 5.57. The number of nitrogens with zero attached hydrogens (tertiary/aromatic N) is 2. The molecule has 0 aliphatic carbocycles. The minimum atomic E-state index is 0.178. The molecule has 0 atom stereocenters. The summed E-state index contributed by atoms with van der Waals surface area (Å²) in [7, 11) is 0. The Kier molecular flexibility index (Phi) is 13.9. The van der Waals surface area contributed by atoms with Crippen molar-refractivity contribution in [3.63, 3.8) is 0 Å². The predicted molar refractivity (Wildman–Crippen MR) is 106 cm³/mol. The molecule has 0 aromatic heterocycles. The van der Waals surface area contributed by atoms with Crippen molar-refractivity contribution in [2.45, 2.75) is 51.9 Å². The van der Waals surface area contributed by atoms with Crippen LogP contribution in [0.5, 0.6) is 0 Å². The lowest BCUT2D eigenvalue weighted by Gasteiger charge is -2.34. The van der Waals surface area contributed by atoms with Gasteiger partial charge >= 0.3 is 0 Å². The van der Waals surface area contributed by atoms with Crippen LogP contribution in [0, 0.1) is 0 Å². The standard InChI is InChI=1S/C19H41N5O/c1-2-3-4-5-11-22-19(25)8-12-21-10-7-14-24-17-15-23(16-18-24)13-6-9-20/h21H,2-18,20H2,1H3,(H,22,25). The number of carbonyl (C=O) groups excluding carboxylic acids is 1. The van der Waals surface area contributed by atoms with Crippen LogP contribution in [0.15, 0.2) is 0 Å². The molecule has 6 nitrogen and oxygen atoms in total. The zero-order valence-corrected chi connectivity index (χ0v) is 16.4. The Hall–Kier alpha value is -0.690. The van der Waals surface area contributed by atoms with E-state index in [2.05, 4.69) is 27.4 Å². The van der Waals surface area contributed by atoms with Gasteiger partial charge in [0, 0.05) is 45.7 Å². The lowest BCUT2D eigenvalue weighted by molar-refractivity contribution is -0.121. The number of piperazine rings is 1. The first-order valence-electron chi connectivity index (χ1n) is 10.4. The average Bonchev–Trinajstić information content (AvgIpc) is 2.63. The smallest absolute Gasteiger partial charge is 0.221 e. The minimum absolute atomic E-state index is 0.178. The fourth-order valence-electron chi connectivity index (χ4n) is 3.17. The number of rotatable bonds is 15. The van der Waals surface area contributed by atoms with Crippen LogP contribution in [0.3, 0.4) is 0 Å². The third-order valence-corrected chi connectivity index (χ3v) is 4.85. The summed E-state index contributed by atoms with van der Waals surface area (Å²) in [5, 5.41) is 6.39. The summed E-state index contributed by atoms with van der Waals surface area (Å²) >= 11 is 0. The van der Waals surface area contributed by atoms with Gasteiger partial charge in [-0.2, -0.15) is 0 Å². The molecule has 1 fully saturated rings. The van der Waals surface area contributed by atoms with Crippen LogP contribution in [0.25, 0.3) is 0 Å². The van der Waals surface area contributed by atoms with E-state index in [0.29, 0.717) is 6.42 Å². The summed E-state index contributed by atoms with van der Waals surface area (Å²) in [6.45, 7) is 12.6. The lowest BCUT2D eigenvalue weighted by Crippen LogP contribution is -2.47. The van der Waals surface area contributed by atoms with Crippen LogP contribution >= 0.6 is 0 Å². The van der Waals surface area contributed by atoms with Crippen molar-refractivity contribution in [1.29, 1.82) is 0 Å². The van der Waals surface area contributed by atoms with Gasteiger partial charge in [0.05, 0.1) is 0 Å². The molecule has 0 aromatic rings. The van der Waals surface area contributed by atoms with Crippen molar-refractivity contribution in [3.05, 3.63) is 0 Å². The molecule has 1 aliphatic heterocycles. The van der Waals surface area contributed by atoms with Crippen molar-refractivity contribution in [2.24, 2.45) is 5.73 Å². The number of unbranched alkanes of at least 4 members (excludes halogenated alkanes) is 3. The monoisotopic (exact) mass is 355 g/mol. The molecule has 0 radical (unpaired) electrons. The summed E-state index contributed by atoms with van der Waals surface area (Å²) < 4.78 is 0. The van der Waals surface area contributed by atoms with E-state index in [9.17, 15) is 4.79 Å². The van der Waals surface area contributed by atoms with Crippen LogP contribution in [0.2, 0.25) is 0 Å². The predicted octanol–water partition coefficient (Wildman–Crippen LogP) is 1.02. The Balaban J connectivity index is 1.86. The lowest BCUT2D eigenvalue weighted by atomic mass is 10.2. The fraction of sp³-hybridized carbons (Fsp3) is 0.947. The van der Waals surface area contributed by atoms with Gasteiger partial charge in [-0.05, 0) is 45.4 Å². The number of nitrogens with one attached hydrogen (secondary N) is 2. The van der Waals surface area contributed by atoms with Crippen LogP contribution in [0.1, 0.15) is 51.9 Å². The number of amides is 1. The van der Waals surface area contributed by atoms with E-state index in [-0.39, 0.29) is 5.91 Å². The van der Waals surface area contributed by atoms with E-state index >= 15 is 0 Å². The highest BCUT2D eigenvalue weighted by atomic mass is 16.1. The molecule has 0 bridgehead atoms. The van der Waals surface area contributed by atoms with Crippen molar-refractivity contribution in [1.82, 2.24) is 20.4 Å². The Morgan fingerprint density at radius 1 is 0.880 bits per heavy atom. The second kappa shape index (κ2) is 15.6. The normalized spacial score (nSPS) is 16.2. The maximum absolute atomic E-state index is 11.7. The van der Waals surface area contributed by atoms with Crippen molar-refractivity contribution >= 4 is 5.91 Å². The van der Waals surface area contributed by atoms with Crippen molar-refractivity contribution in [2.75, 3.05) is 65.4 Å². The maximum Gasteiger partial charge on any atom is 0.221 e. The zero-order chi connectivity index (χ0) is 18.2. The molecule has 1 rings (SSSR count). The van der Waals surface area contributed by atoms with Crippen LogP contribution < -0.4 is 16.4 Å². The van der Waals surface area contributed by atoms with Gasteiger partial charge in [0.15, 0.2) is 0 Å². The van der Waals surface area contributed by atoms with Crippen molar-refractivity contribution < 1.29 is 4.79 Å². The number of hydrogen-bond donors (Lipinski definition) is 3. The first-order valence-corrected chi connectivity index (χ1v) is 10.4. The van der Waals surface area contributed by atoms with Gasteiger partial charge in [0.25, 0.3) is 0 Å². The van der Waals surface area contributed by atoms with Gasteiger partial charge in [-0.3, -0.25) is 4.79 Å². The van der Waals surface area contributed by atoms with E-state index in [0.717, 1.165) is 58.5 Å². The highest BCUT2D eigenvalue weighted by molar-refractivity contribution is 5.75. The molecular weight excluding hydrogens is 314 g/mol. The van der Waals surface area contributed by atoms with Gasteiger partial charge in [-0.15, -0.1) is 0 Å². The van der Waals surface area contributed by atoms with Gasteiger partial charge < -0.3 is 26.2 Å². The van der Waals surface area contributed by atoms with Crippen molar-refractivity contribution in [3.8, 4) is 0 Å². The Morgan fingerprint density at radius 3 is 2.20 bits per heavy atom. The summed E-state index contributed by atoms with van der Waals surface area (Å²) in [6, 6.07) is 0. The minimum Gasteiger partial charge on any atom is -0.356 e. The molecule has 1 heterocycles. The number of hydrogen-bond acceptors (Lipinski definition) is 5. The molecule has 1 aliphatic rings. The third-order valence-electron chi connectivity index (χ3n) is 4.85. The molecule has 4 N–H and O–H groups in total. The van der Waals surface area contributed by atoms with Gasteiger partial charge in [0.2, 0.25) is 5.91 Å². The van der Waals surface area contributed by atoms with Crippen LogP contribution in [-0.4, -0.2) is 81.2 Å². The average molecular weight is 356 g/mol. The highest BCUT2D eigenvalue weighted by Gasteiger charge is 2.15. The van der Waals surface area contributed by atoms with Crippen LogP contribution in [0.4, 0.5) is 0 Å². The maximum atomic E-state index is 11.7. The molecule has 1 amide bonds. The largest absolute Gasteiger partial charge is 0.356 e.